The van der Waals surface area contributed by atoms with Crippen LogP contribution in [0.4, 0.5) is 0 Å². The lowest BCUT2D eigenvalue weighted by atomic mass is 9.88. The predicted octanol–water partition coefficient (Wildman–Crippen LogP) is 2.35. The Bertz CT molecular complexity index is 65.8. The van der Waals surface area contributed by atoms with E-state index in [1.165, 1.54) is 6.42 Å². The summed E-state index contributed by atoms with van der Waals surface area (Å²) >= 11 is 0. The minimum Gasteiger partial charge on any atom is -0.325 e. The Morgan fingerprint density at radius 3 is 1.78 bits per heavy atom. The van der Waals surface area contributed by atoms with Crippen LogP contribution >= 0.6 is 17.0 Å². The van der Waals surface area contributed by atoms with Crippen molar-refractivity contribution in [2.45, 2.75) is 39.7 Å². The molecule has 0 bridgehead atoms. The van der Waals surface area contributed by atoms with Crippen LogP contribution in [0.25, 0.3) is 0 Å². The highest BCUT2D eigenvalue weighted by atomic mass is 79.9. The highest BCUT2D eigenvalue weighted by Gasteiger charge is 2.17. The summed E-state index contributed by atoms with van der Waals surface area (Å²) in [5.41, 5.74) is 5.80. The van der Waals surface area contributed by atoms with Crippen LogP contribution in [0.2, 0.25) is 0 Å². The molecule has 1 atom stereocenters. The number of rotatable bonds is 2. The molecule has 2 N–H and O–H groups in total. The van der Waals surface area contributed by atoms with E-state index in [0.29, 0.717) is 5.92 Å². The molecule has 1 nitrogen and oxygen atoms in total. The minimum absolute atomic E-state index is 0. The van der Waals surface area contributed by atoms with E-state index in [-0.39, 0.29) is 22.5 Å². The number of halogens is 1. The van der Waals surface area contributed by atoms with Crippen molar-refractivity contribution < 1.29 is 0 Å². The fourth-order valence-electron chi connectivity index (χ4n) is 0.526. The Morgan fingerprint density at radius 2 is 1.78 bits per heavy atom. The van der Waals surface area contributed by atoms with Crippen molar-refractivity contribution in [2.75, 3.05) is 0 Å². The van der Waals surface area contributed by atoms with Gasteiger partial charge in [-0.3, -0.25) is 0 Å². The fourth-order valence-corrected chi connectivity index (χ4v) is 0.526. The van der Waals surface area contributed by atoms with Gasteiger partial charge in [0.1, 0.15) is 0 Å². The monoisotopic (exact) mass is 195 g/mol. The molecule has 0 aromatic rings. The third-order valence-electron chi connectivity index (χ3n) is 1.88. The molecule has 0 heterocycles. The lowest BCUT2D eigenvalue weighted by Crippen LogP contribution is -2.38. The van der Waals surface area contributed by atoms with Crippen molar-refractivity contribution in [1.29, 1.82) is 0 Å². The summed E-state index contributed by atoms with van der Waals surface area (Å²) in [6.07, 6.45) is 1.17. The second-order valence-corrected chi connectivity index (χ2v) is 3.13. The highest BCUT2D eigenvalue weighted by Crippen LogP contribution is 2.14. The maximum absolute atomic E-state index is 5.79. The lowest BCUT2D eigenvalue weighted by Gasteiger charge is -2.25. The van der Waals surface area contributed by atoms with Crippen LogP contribution < -0.4 is 5.73 Å². The van der Waals surface area contributed by atoms with Crippen molar-refractivity contribution in [3.63, 3.8) is 0 Å². The zero-order chi connectivity index (χ0) is 6.78. The number of hydrogen-bond donors (Lipinski definition) is 1. The molecule has 0 saturated carbocycles. The third kappa shape index (κ3) is 4.91. The summed E-state index contributed by atoms with van der Waals surface area (Å²) in [5, 5.41) is 0. The molecule has 0 aliphatic rings. The quantitative estimate of drug-likeness (QED) is 0.720. The van der Waals surface area contributed by atoms with Gasteiger partial charge in [-0.1, -0.05) is 20.3 Å². The lowest BCUT2D eigenvalue weighted by molar-refractivity contribution is 0.337. The molecule has 2 heteroatoms. The minimum atomic E-state index is 0. The van der Waals surface area contributed by atoms with Crippen molar-refractivity contribution in [3.8, 4) is 0 Å². The first-order valence-electron chi connectivity index (χ1n) is 3.27. The molecule has 9 heavy (non-hydrogen) atoms. The normalized spacial score (nSPS) is 14.3. The molecule has 0 spiro atoms. The topological polar surface area (TPSA) is 26.0 Å². The zero-order valence-corrected chi connectivity index (χ0v) is 8.48. The van der Waals surface area contributed by atoms with Crippen LogP contribution in [-0.4, -0.2) is 5.54 Å². The maximum atomic E-state index is 5.79. The Labute approximate surface area is 68.8 Å². The molecule has 0 saturated heterocycles. The van der Waals surface area contributed by atoms with Gasteiger partial charge in [0.25, 0.3) is 0 Å². The van der Waals surface area contributed by atoms with E-state index in [0.717, 1.165) is 0 Å². The molecule has 0 aromatic heterocycles. The van der Waals surface area contributed by atoms with Gasteiger partial charge in [0, 0.05) is 5.54 Å². The number of nitrogens with two attached hydrogens (primary N) is 1. The Morgan fingerprint density at radius 1 is 1.44 bits per heavy atom. The summed E-state index contributed by atoms with van der Waals surface area (Å²) in [4.78, 5) is 0. The van der Waals surface area contributed by atoms with Crippen LogP contribution in [0.1, 0.15) is 34.1 Å². The Balaban J connectivity index is 0. The van der Waals surface area contributed by atoms with Gasteiger partial charge in [-0.2, -0.15) is 0 Å². The van der Waals surface area contributed by atoms with Gasteiger partial charge in [0.2, 0.25) is 0 Å². The standard InChI is InChI=1S/C7H17N.BrH/c1-5-6(2)7(3,4)8;/h6H,5,8H2,1-4H3;1H. The molecule has 0 fully saturated rings. The van der Waals surface area contributed by atoms with E-state index in [2.05, 4.69) is 27.7 Å². The second kappa shape index (κ2) is 4.29. The van der Waals surface area contributed by atoms with Crippen LogP contribution in [-0.2, 0) is 0 Å². The molecule has 0 amide bonds. The molecular weight excluding hydrogens is 178 g/mol. The van der Waals surface area contributed by atoms with Gasteiger partial charge in [-0.25, -0.2) is 0 Å². The number of hydrogen-bond acceptors (Lipinski definition) is 1. The summed E-state index contributed by atoms with van der Waals surface area (Å²) in [6.45, 7) is 8.49. The van der Waals surface area contributed by atoms with E-state index in [1.54, 1.807) is 0 Å². The summed E-state index contributed by atoms with van der Waals surface area (Å²) in [6, 6.07) is 0. The molecule has 1 unspecified atom stereocenters. The van der Waals surface area contributed by atoms with E-state index in [4.69, 9.17) is 5.73 Å². The van der Waals surface area contributed by atoms with Crippen molar-refractivity contribution in [3.05, 3.63) is 0 Å². The maximum Gasteiger partial charge on any atom is 0.0123 e. The van der Waals surface area contributed by atoms with Gasteiger partial charge in [-0.15, -0.1) is 17.0 Å². The van der Waals surface area contributed by atoms with Crippen molar-refractivity contribution in [1.82, 2.24) is 0 Å². The Kier molecular flexibility index (Phi) is 5.79. The SMILES string of the molecule is Br.CCC(C)C(C)(C)N. The third-order valence-corrected chi connectivity index (χ3v) is 1.88. The first-order chi connectivity index (χ1) is 3.48. The zero-order valence-electron chi connectivity index (χ0n) is 6.77. The molecular formula is C7H18BrN. The smallest absolute Gasteiger partial charge is 0.0123 e. The van der Waals surface area contributed by atoms with Gasteiger partial charge in [-0.05, 0) is 19.8 Å². The molecule has 0 radical (unpaired) electrons. The highest BCUT2D eigenvalue weighted by molar-refractivity contribution is 8.93. The second-order valence-electron chi connectivity index (χ2n) is 3.13. The summed E-state index contributed by atoms with van der Waals surface area (Å²) in [7, 11) is 0. The Hall–Kier alpha value is 0.440. The average molecular weight is 196 g/mol. The van der Waals surface area contributed by atoms with E-state index in [9.17, 15) is 0 Å². The largest absolute Gasteiger partial charge is 0.325 e. The first kappa shape index (κ1) is 12.1. The molecule has 0 aliphatic carbocycles. The summed E-state index contributed by atoms with van der Waals surface area (Å²) in [5.74, 6) is 0.627. The summed E-state index contributed by atoms with van der Waals surface area (Å²) < 4.78 is 0. The van der Waals surface area contributed by atoms with Crippen LogP contribution in [0.15, 0.2) is 0 Å². The average Bonchev–Trinajstić information content (AvgIpc) is 1.62. The van der Waals surface area contributed by atoms with E-state index >= 15 is 0 Å². The van der Waals surface area contributed by atoms with Gasteiger partial charge < -0.3 is 5.73 Å². The van der Waals surface area contributed by atoms with Gasteiger partial charge in [0.15, 0.2) is 0 Å². The van der Waals surface area contributed by atoms with Crippen molar-refractivity contribution in [2.24, 2.45) is 11.7 Å². The molecule has 0 aliphatic heterocycles. The molecule has 0 rings (SSSR count). The fraction of sp³-hybridized carbons (Fsp3) is 1.00. The molecule has 58 valence electrons. The first-order valence-corrected chi connectivity index (χ1v) is 3.27. The van der Waals surface area contributed by atoms with Gasteiger partial charge >= 0.3 is 0 Å². The van der Waals surface area contributed by atoms with Crippen LogP contribution in [0.5, 0.6) is 0 Å². The van der Waals surface area contributed by atoms with Crippen molar-refractivity contribution >= 4 is 17.0 Å². The van der Waals surface area contributed by atoms with Crippen LogP contribution in [0, 0.1) is 5.92 Å². The van der Waals surface area contributed by atoms with Crippen LogP contribution in [0.3, 0.4) is 0 Å². The molecule has 0 aromatic carbocycles. The van der Waals surface area contributed by atoms with E-state index < -0.39 is 0 Å². The predicted molar refractivity (Wildman–Crippen MR) is 48.0 cm³/mol. The van der Waals surface area contributed by atoms with Gasteiger partial charge in [0.05, 0.1) is 0 Å². The van der Waals surface area contributed by atoms with E-state index in [1.807, 2.05) is 0 Å².